The van der Waals surface area contributed by atoms with Crippen molar-refractivity contribution in [2.45, 2.75) is 21.6 Å². The highest BCUT2D eigenvalue weighted by Crippen LogP contribution is 2.41. The number of hydrogen-bond acceptors (Lipinski definition) is 7. The van der Waals surface area contributed by atoms with Gasteiger partial charge >= 0.3 is 15.8 Å². The molecule has 0 fully saturated rings. The number of halogens is 2. The summed E-state index contributed by atoms with van der Waals surface area (Å²) >= 11 is 1.04. The Morgan fingerprint density at radius 2 is 1.22 bits per heavy atom. The highest BCUT2D eigenvalue weighted by atomic mass is 127. The molecule has 16 heteroatoms. The molecule has 0 radical (unpaired) electrons. The zero-order valence-electron chi connectivity index (χ0n) is 10.7. The minimum Gasteiger partial charge on any atom is -1.00 e. The largest absolute Gasteiger partial charge is 1.00 e. The van der Waals surface area contributed by atoms with E-state index in [1.165, 1.54) is 0 Å². The Morgan fingerprint density at radius 3 is 1.48 bits per heavy atom. The molecule has 0 saturated carbocycles. The first kappa shape index (κ1) is 22.4. The molecule has 0 heterocycles. The van der Waals surface area contributed by atoms with Crippen molar-refractivity contribution in [2.75, 3.05) is 0 Å². The molecule has 11 nitrogen and oxygen atoms in total. The summed E-state index contributed by atoms with van der Waals surface area (Å²) in [4.78, 5) is -1.73. The summed E-state index contributed by atoms with van der Waals surface area (Å²) in [5, 5.41) is 8.83. The molecule has 0 aliphatic rings. The summed E-state index contributed by atoms with van der Waals surface area (Å²) in [7, 11) is -15.8. The summed E-state index contributed by atoms with van der Waals surface area (Å²) in [6.45, 7) is 0.892. The number of rotatable bonds is 3. The molecule has 0 aromatic heterocycles. The molecule has 1 aromatic carbocycles. The third-order valence-electron chi connectivity index (χ3n) is 2.39. The Bertz CT molecular complexity index is 1020. The number of hydrogen-bond donors (Lipinski definition) is 3. The van der Waals surface area contributed by atoms with Crippen molar-refractivity contribution in [1.82, 2.24) is 0 Å². The van der Waals surface area contributed by atoms with Crippen molar-refractivity contribution >= 4 is 58.6 Å². The first-order chi connectivity index (χ1) is 9.64. The predicted molar refractivity (Wildman–Crippen MR) is 78.1 cm³/mol. The van der Waals surface area contributed by atoms with Gasteiger partial charge in [-0.05, 0) is 29.5 Å². The molecule has 23 heavy (non-hydrogen) atoms. The number of nitrogens with zero attached hydrogens (tertiary/aromatic N) is 2. The highest BCUT2D eigenvalue weighted by molar-refractivity contribution is 14.1. The molecular formula is C7H6ClIN2O9S3. The summed E-state index contributed by atoms with van der Waals surface area (Å²) < 4.78 is 94.4. The van der Waals surface area contributed by atoms with Gasteiger partial charge in [0.1, 0.15) is 9.79 Å². The van der Waals surface area contributed by atoms with Crippen LogP contribution in [0, 0.1) is 15.9 Å². The molecule has 0 saturated heterocycles. The Kier molecular flexibility index (Phi) is 6.54. The van der Waals surface area contributed by atoms with Crippen LogP contribution in [0.3, 0.4) is 0 Å². The van der Waals surface area contributed by atoms with Gasteiger partial charge in [-0.25, -0.2) is 0 Å². The smallest absolute Gasteiger partial charge is 0.411 e. The van der Waals surface area contributed by atoms with Gasteiger partial charge in [-0.1, -0.05) is 0 Å². The van der Waals surface area contributed by atoms with E-state index in [2.05, 4.69) is 4.98 Å². The average Bonchev–Trinajstić information content (AvgIpc) is 2.22. The first-order valence-corrected chi connectivity index (χ1v) is 10.2. The van der Waals surface area contributed by atoms with Crippen LogP contribution in [-0.4, -0.2) is 38.9 Å². The molecule has 0 bridgehead atoms. The fourth-order valence-corrected chi connectivity index (χ4v) is 7.12. The van der Waals surface area contributed by atoms with Crippen LogP contribution in [0.15, 0.2) is 14.7 Å². The van der Waals surface area contributed by atoms with E-state index >= 15 is 0 Å². The number of diazo groups is 1. The summed E-state index contributed by atoms with van der Waals surface area (Å²) in [6.07, 6.45) is 0. The van der Waals surface area contributed by atoms with E-state index in [0.717, 1.165) is 29.5 Å². The van der Waals surface area contributed by atoms with E-state index < -0.39 is 59.9 Å². The topological polar surface area (TPSA) is 191 Å². The highest BCUT2D eigenvalue weighted by Gasteiger charge is 2.42. The van der Waals surface area contributed by atoms with Gasteiger partial charge in [0.25, 0.3) is 20.2 Å². The van der Waals surface area contributed by atoms with Gasteiger partial charge in [0.15, 0.2) is 4.98 Å². The van der Waals surface area contributed by atoms with Crippen molar-refractivity contribution in [3.05, 3.63) is 14.1 Å². The lowest BCUT2D eigenvalue weighted by atomic mass is 10.2. The molecule has 0 aliphatic heterocycles. The van der Waals surface area contributed by atoms with E-state index in [-0.39, 0.29) is 12.4 Å². The van der Waals surface area contributed by atoms with E-state index in [4.69, 9.17) is 19.1 Å². The van der Waals surface area contributed by atoms with E-state index in [9.17, 15) is 25.3 Å². The summed E-state index contributed by atoms with van der Waals surface area (Å²) in [6, 6.07) is 0. The van der Waals surface area contributed by atoms with Crippen LogP contribution in [0.4, 0.5) is 5.69 Å². The molecule has 0 atom stereocenters. The molecule has 0 amide bonds. The molecule has 0 spiro atoms. The maximum atomic E-state index is 11.4. The van der Waals surface area contributed by atoms with E-state index in [1.807, 2.05) is 0 Å². The van der Waals surface area contributed by atoms with Crippen LogP contribution >= 0.6 is 22.6 Å². The van der Waals surface area contributed by atoms with Crippen molar-refractivity contribution < 1.29 is 51.3 Å². The lowest BCUT2D eigenvalue weighted by Gasteiger charge is -2.10. The maximum Gasteiger partial charge on any atom is 0.411 e. The predicted octanol–water partition coefficient (Wildman–Crippen LogP) is -2.17. The zero-order valence-corrected chi connectivity index (χ0v) is 16.0. The summed E-state index contributed by atoms with van der Waals surface area (Å²) in [5.41, 5.74) is -1.82. The third kappa shape index (κ3) is 4.27. The molecule has 130 valence electrons. The van der Waals surface area contributed by atoms with Crippen LogP contribution in [0.25, 0.3) is 4.98 Å². The Morgan fingerprint density at radius 1 is 0.870 bits per heavy atom. The SMILES string of the molecule is Cc1c([N+]#N)c(S(=O)(=O)O)c(S(=O)(=O)O)c(I)c1S(=O)(=O)O.[Cl-]. The lowest BCUT2D eigenvalue weighted by Crippen LogP contribution is -3.00. The van der Waals surface area contributed by atoms with Gasteiger partial charge in [0, 0.05) is 0 Å². The standard InChI is InChI=1S/C7H5IN2O9S3.ClH/c1-2-4(10-9)7(22(17,18)19)6(21(14,15)16)3(8)5(2)20(11,12)13;/h1H3,(H2-,11,12,13,14,15,16,17,18,19);1H. The minimum atomic E-state index is -5.37. The van der Waals surface area contributed by atoms with Crippen LogP contribution in [0.5, 0.6) is 0 Å². The van der Waals surface area contributed by atoms with Gasteiger partial charge in [0.2, 0.25) is 10.3 Å². The fourth-order valence-electron chi connectivity index (χ4n) is 1.65. The second-order valence-corrected chi connectivity index (χ2v) is 8.95. The molecule has 0 aliphatic carbocycles. The maximum absolute atomic E-state index is 11.4. The minimum absolute atomic E-state index is 0. The molecular weight excluding hydrogens is 515 g/mol. The second kappa shape index (κ2) is 6.72. The molecule has 1 rings (SSSR count). The van der Waals surface area contributed by atoms with Gasteiger partial charge < -0.3 is 12.4 Å². The van der Waals surface area contributed by atoms with Crippen LogP contribution in [0.2, 0.25) is 0 Å². The van der Waals surface area contributed by atoms with Crippen molar-refractivity contribution in [3.63, 3.8) is 0 Å². The quantitative estimate of drug-likeness (QED) is 0.224. The normalized spacial score (nSPS) is 12.3. The zero-order chi connectivity index (χ0) is 17.7. The van der Waals surface area contributed by atoms with Crippen molar-refractivity contribution in [2.24, 2.45) is 0 Å². The molecule has 1 aromatic rings. The van der Waals surface area contributed by atoms with Crippen LogP contribution < -0.4 is 12.4 Å². The molecule has 0 unspecified atom stereocenters. The number of benzene rings is 1. The van der Waals surface area contributed by atoms with Gasteiger partial charge in [-0.15, -0.1) is 0 Å². The van der Waals surface area contributed by atoms with E-state index in [0.29, 0.717) is 0 Å². The molecule has 3 N–H and O–H groups in total. The van der Waals surface area contributed by atoms with Gasteiger partial charge in [0.05, 0.1) is 9.13 Å². The van der Waals surface area contributed by atoms with Crippen molar-refractivity contribution in [3.8, 4) is 0 Å². The van der Waals surface area contributed by atoms with Gasteiger partial charge in [-0.3, -0.25) is 13.7 Å². The lowest BCUT2D eigenvalue weighted by molar-refractivity contribution is -0.0000169. The Balaban J connectivity index is 0.00000484. The Hall–Kier alpha value is -0.610. The van der Waals surface area contributed by atoms with Crippen LogP contribution in [0.1, 0.15) is 5.56 Å². The average molecular weight is 521 g/mol. The van der Waals surface area contributed by atoms with Crippen molar-refractivity contribution in [1.29, 1.82) is 5.39 Å². The Labute approximate surface area is 150 Å². The van der Waals surface area contributed by atoms with Gasteiger partial charge in [-0.2, -0.15) is 25.3 Å². The second-order valence-electron chi connectivity index (χ2n) is 3.80. The van der Waals surface area contributed by atoms with E-state index in [1.54, 1.807) is 0 Å². The summed E-state index contributed by atoms with van der Waals surface area (Å²) in [5.74, 6) is 0. The van der Waals surface area contributed by atoms with Crippen LogP contribution in [-0.2, 0) is 30.4 Å². The monoisotopic (exact) mass is 520 g/mol. The first-order valence-electron chi connectivity index (χ1n) is 4.77. The third-order valence-corrected chi connectivity index (χ3v) is 7.19. The fraction of sp³-hybridized carbons (Fsp3) is 0.143.